The van der Waals surface area contributed by atoms with Gasteiger partial charge in [0.2, 0.25) is 5.88 Å². The predicted octanol–water partition coefficient (Wildman–Crippen LogP) is 2.40. The molecule has 1 aromatic rings. The summed E-state index contributed by atoms with van der Waals surface area (Å²) >= 11 is 5.80. The van der Waals surface area contributed by atoms with Crippen LogP contribution < -0.4 is 4.74 Å². The number of nitrogens with zero attached hydrogens (tertiary/aromatic N) is 1. The minimum Gasteiger partial charge on any atom is -0.481 e. The Morgan fingerprint density at radius 3 is 2.65 bits per heavy atom. The highest BCUT2D eigenvalue weighted by Crippen LogP contribution is 2.30. The molecule has 0 aromatic carbocycles. The Morgan fingerprint density at radius 2 is 2.18 bits per heavy atom. The van der Waals surface area contributed by atoms with E-state index in [2.05, 4.69) is 9.72 Å². The first-order valence-corrected chi connectivity index (χ1v) is 4.95. The van der Waals surface area contributed by atoms with Gasteiger partial charge in [-0.1, -0.05) is 11.6 Å². The standard InChI is InChI=1S/C10H10ClF2NO3/c1-16-8(15)3-5-6(11)4-7(9(12)13)14-10(5)17-2/h4,9H,3H2,1-2H3. The molecule has 0 N–H and O–H groups in total. The summed E-state index contributed by atoms with van der Waals surface area (Å²) in [6.45, 7) is 0. The molecule has 0 aliphatic heterocycles. The number of methoxy groups -OCH3 is 2. The van der Waals surface area contributed by atoms with Gasteiger partial charge in [0.25, 0.3) is 6.43 Å². The van der Waals surface area contributed by atoms with Crippen LogP contribution in [-0.2, 0) is 16.0 Å². The number of rotatable bonds is 4. The number of alkyl halides is 2. The van der Waals surface area contributed by atoms with Gasteiger partial charge in [0, 0.05) is 5.56 Å². The number of esters is 1. The van der Waals surface area contributed by atoms with Crippen LogP contribution in [-0.4, -0.2) is 25.2 Å². The predicted molar refractivity (Wildman–Crippen MR) is 56.5 cm³/mol. The van der Waals surface area contributed by atoms with Crippen molar-refractivity contribution in [2.45, 2.75) is 12.8 Å². The lowest BCUT2D eigenvalue weighted by atomic mass is 10.2. The third kappa shape index (κ3) is 3.26. The summed E-state index contributed by atoms with van der Waals surface area (Å²) in [5, 5.41) is -0.00227. The molecule has 0 radical (unpaired) electrons. The number of halogens is 3. The molecule has 0 bridgehead atoms. The molecular weight excluding hydrogens is 256 g/mol. The average molecular weight is 266 g/mol. The maximum Gasteiger partial charge on any atom is 0.310 e. The zero-order valence-corrected chi connectivity index (χ0v) is 9.92. The summed E-state index contributed by atoms with van der Waals surface area (Å²) in [7, 11) is 2.47. The van der Waals surface area contributed by atoms with E-state index in [4.69, 9.17) is 16.3 Å². The second kappa shape index (κ2) is 5.77. The summed E-state index contributed by atoms with van der Waals surface area (Å²) < 4.78 is 34.2. The first-order chi connectivity index (χ1) is 7.99. The lowest BCUT2D eigenvalue weighted by molar-refractivity contribution is -0.139. The number of ether oxygens (including phenoxy) is 2. The lowest BCUT2D eigenvalue weighted by Crippen LogP contribution is -2.08. The topological polar surface area (TPSA) is 48.4 Å². The second-order valence-corrected chi connectivity index (χ2v) is 3.48. The second-order valence-electron chi connectivity index (χ2n) is 3.07. The smallest absolute Gasteiger partial charge is 0.310 e. The van der Waals surface area contributed by atoms with E-state index < -0.39 is 18.1 Å². The van der Waals surface area contributed by atoms with Crippen molar-refractivity contribution in [1.29, 1.82) is 0 Å². The maximum absolute atomic E-state index is 12.5. The Hall–Kier alpha value is -1.43. The van der Waals surface area contributed by atoms with E-state index in [0.717, 1.165) is 6.07 Å². The molecule has 0 saturated heterocycles. The fourth-order valence-corrected chi connectivity index (χ4v) is 1.45. The van der Waals surface area contributed by atoms with Crippen LogP contribution in [0.25, 0.3) is 0 Å². The molecule has 1 heterocycles. The van der Waals surface area contributed by atoms with Crippen molar-refractivity contribution in [2.75, 3.05) is 14.2 Å². The van der Waals surface area contributed by atoms with E-state index in [1.165, 1.54) is 14.2 Å². The van der Waals surface area contributed by atoms with Gasteiger partial charge in [-0.3, -0.25) is 4.79 Å². The van der Waals surface area contributed by atoms with E-state index in [-0.39, 0.29) is 22.9 Å². The number of carbonyl (C=O) groups is 1. The van der Waals surface area contributed by atoms with Gasteiger partial charge in [0.1, 0.15) is 5.69 Å². The highest BCUT2D eigenvalue weighted by Gasteiger charge is 2.19. The fraction of sp³-hybridized carbons (Fsp3) is 0.400. The Bertz CT molecular complexity index is 426. The molecule has 0 saturated carbocycles. The Morgan fingerprint density at radius 1 is 1.53 bits per heavy atom. The monoisotopic (exact) mass is 265 g/mol. The first kappa shape index (κ1) is 13.6. The fourth-order valence-electron chi connectivity index (χ4n) is 1.19. The molecule has 7 heteroatoms. The summed E-state index contributed by atoms with van der Waals surface area (Å²) in [6, 6.07) is 1.01. The largest absolute Gasteiger partial charge is 0.481 e. The summed E-state index contributed by atoms with van der Waals surface area (Å²) in [5.74, 6) is -0.657. The first-order valence-electron chi connectivity index (χ1n) is 4.57. The molecule has 17 heavy (non-hydrogen) atoms. The van der Waals surface area contributed by atoms with Crippen molar-refractivity contribution in [3.63, 3.8) is 0 Å². The van der Waals surface area contributed by atoms with Crippen LogP contribution >= 0.6 is 11.6 Å². The molecule has 0 aliphatic carbocycles. The molecule has 0 amide bonds. The Labute approximate surface area is 101 Å². The number of hydrogen-bond acceptors (Lipinski definition) is 4. The van der Waals surface area contributed by atoms with Crippen LogP contribution in [0.5, 0.6) is 5.88 Å². The van der Waals surface area contributed by atoms with E-state index in [9.17, 15) is 13.6 Å². The van der Waals surface area contributed by atoms with E-state index >= 15 is 0 Å². The highest BCUT2D eigenvalue weighted by molar-refractivity contribution is 6.31. The molecule has 1 rings (SSSR count). The van der Waals surface area contributed by atoms with E-state index in [1.54, 1.807) is 0 Å². The van der Waals surface area contributed by atoms with Gasteiger partial charge < -0.3 is 9.47 Å². The molecule has 0 fully saturated rings. The summed E-state index contributed by atoms with van der Waals surface area (Å²) in [6.07, 6.45) is -2.94. The molecule has 0 unspecified atom stereocenters. The Kier molecular flexibility index (Phi) is 4.62. The van der Waals surface area contributed by atoms with Gasteiger partial charge in [-0.25, -0.2) is 13.8 Å². The van der Waals surface area contributed by atoms with Crippen LogP contribution in [0.15, 0.2) is 6.07 Å². The average Bonchev–Trinajstić information content (AvgIpc) is 2.30. The lowest BCUT2D eigenvalue weighted by Gasteiger charge is -2.10. The van der Waals surface area contributed by atoms with Crippen molar-refractivity contribution < 1.29 is 23.0 Å². The quantitative estimate of drug-likeness (QED) is 0.785. The van der Waals surface area contributed by atoms with Gasteiger partial charge in [-0.2, -0.15) is 0 Å². The molecule has 0 aliphatic rings. The minimum absolute atomic E-state index is 0.00227. The van der Waals surface area contributed by atoms with Gasteiger partial charge in [-0.15, -0.1) is 0 Å². The van der Waals surface area contributed by atoms with Crippen molar-refractivity contribution >= 4 is 17.6 Å². The molecule has 4 nitrogen and oxygen atoms in total. The van der Waals surface area contributed by atoms with Crippen LogP contribution in [0.1, 0.15) is 17.7 Å². The summed E-state index contributed by atoms with van der Waals surface area (Å²) in [5.41, 5.74) is -0.272. The normalized spacial score (nSPS) is 10.5. The Balaban J connectivity index is 3.16. The van der Waals surface area contributed by atoms with Gasteiger partial charge in [-0.05, 0) is 6.07 Å². The van der Waals surface area contributed by atoms with Gasteiger partial charge >= 0.3 is 5.97 Å². The SMILES string of the molecule is COC(=O)Cc1c(Cl)cc(C(F)F)nc1OC. The molecule has 0 spiro atoms. The molecule has 1 aromatic heterocycles. The molecular formula is C10H10ClF2NO3. The number of hydrogen-bond donors (Lipinski definition) is 0. The zero-order valence-electron chi connectivity index (χ0n) is 9.17. The third-order valence-electron chi connectivity index (χ3n) is 2.02. The van der Waals surface area contributed by atoms with Crippen molar-refractivity contribution in [3.05, 3.63) is 22.3 Å². The van der Waals surface area contributed by atoms with Crippen LogP contribution in [0.4, 0.5) is 8.78 Å². The maximum atomic E-state index is 12.5. The van der Waals surface area contributed by atoms with Crippen LogP contribution in [0.2, 0.25) is 5.02 Å². The molecule has 0 atom stereocenters. The summed E-state index contributed by atoms with van der Waals surface area (Å²) in [4.78, 5) is 14.7. The minimum atomic E-state index is -2.76. The number of pyridine rings is 1. The molecule has 94 valence electrons. The van der Waals surface area contributed by atoms with Gasteiger partial charge in [0.05, 0.1) is 25.7 Å². The van der Waals surface area contributed by atoms with Crippen LogP contribution in [0.3, 0.4) is 0 Å². The van der Waals surface area contributed by atoms with Crippen LogP contribution in [0, 0.1) is 0 Å². The van der Waals surface area contributed by atoms with E-state index in [0.29, 0.717) is 0 Å². The van der Waals surface area contributed by atoms with Crippen molar-refractivity contribution in [1.82, 2.24) is 4.98 Å². The third-order valence-corrected chi connectivity index (χ3v) is 2.35. The highest BCUT2D eigenvalue weighted by atomic mass is 35.5. The number of aromatic nitrogens is 1. The van der Waals surface area contributed by atoms with Crippen molar-refractivity contribution in [2.24, 2.45) is 0 Å². The van der Waals surface area contributed by atoms with Gasteiger partial charge in [0.15, 0.2) is 0 Å². The van der Waals surface area contributed by atoms with Crippen molar-refractivity contribution in [3.8, 4) is 5.88 Å². The van der Waals surface area contributed by atoms with E-state index in [1.807, 2.05) is 0 Å². The number of carbonyl (C=O) groups excluding carboxylic acids is 1. The zero-order chi connectivity index (χ0) is 13.0.